The molecule has 4 rings (SSSR count). The van der Waals surface area contributed by atoms with Gasteiger partial charge in [0.2, 0.25) is 0 Å². The fourth-order valence-electron chi connectivity index (χ4n) is 4.22. The second kappa shape index (κ2) is 11.8. The van der Waals surface area contributed by atoms with E-state index in [4.69, 9.17) is 0 Å². The molecule has 0 heterocycles. The van der Waals surface area contributed by atoms with Crippen molar-refractivity contribution in [1.29, 1.82) is 0 Å². The van der Waals surface area contributed by atoms with E-state index in [-0.39, 0.29) is 44.0 Å². The van der Waals surface area contributed by atoms with E-state index in [2.05, 4.69) is 81.5 Å². The number of hydrogen-bond donors (Lipinski definition) is 0. The Morgan fingerprint density at radius 3 is 2.50 bits per heavy atom. The monoisotopic (exact) mass is 490 g/mol. The normalized spacial score (nSPS) is 17.2. The molecule has 0 aromatic heterocycles. The molecule has 156 valence electrons. The number of benzene rings is 2. The third kappa shape index (κ3) is 5.59. The summed E-state index contributed by atoms with van der Waals surface area (Å²) in [5.74, 6) is 0. The summed E-state index contributed by atoms with van der Waals surface area (Å²) in [6, 6.07) is 18.1. The van der Waals surface area contributed by atoms with Crippen molar-refractivity contribution in [3.8, 4) is 0 Å². The molecule has 0 nitrogen and oxygen atoms in total. The van der Waals surface area contributed by atoms with Crippen LogP contribution in [0.4, 0.5) is 0 Å². The number of halogens is 2. The van der Waals surface area contributed by atoms with Gasteiger partial charge in [0, 0.05) is 0 Å². The van der Waals surface area contributed by atoms with Crippen LogP contribution in [0.1, 0.15) is 60.4 Å². The van der Waals surface area contributed by atoms with Crippen molar-refractivity contribution in [2.75, 3.05) is 0 Å². The van der Waals surface area contributed by atoms with Gasteiger partial charge in [0.25, 0.3) is 0 Å². The molecule has 2 aliphatic rings. The summed E-state index contributed by atoms with van der Waals surface area (Å²) < 4.78 is 2.48. The summed E-state index contributed by atoms with van der Waals surface area (Å²) in [6.07, 6.45) is 10.1. The smallest absolute Gasteiger partial charge is 1.00 e. The molecular weight excluding hydrogens is 462 g/mol. The minimum absolute atomic E-state index is 0. The average Bonchev–Trinajstić information content (AvgIpc) is 3.23. The van der Waals surface area contributed by atoms with Crippen LogP contribution in [-0.4, -0.2) is 0 Å². The van der Waals surface area contributed by atoms with Crippen molar-refractivity contribution in [2.45, 2.75) is 50.7 Å². The Kier molecular flexibility index (Phi) is 10.1. The second-order valence-electron chi connectivity index (χ2n) is 7.90. The summed E-state index contributed by atoms with van der Waals surface area (Å²) in [6.45, 7) is 6.90. The Balaban J connectivity index is 0.00000160. The van der Waals surface area contributed by atoms with Crippen LogP contribution in [0.2, 0.25) is 0 Å². The molecule has 2 aromatic carbocycles. The molecule has 0 aliphatic heterocycles. The van der Waals surface area contributed by atoms with Gasteiger partial charge in [0.15, 0.2) is 0 Å². The Morgan fingerprint density at radius 1 is 1.00 bits per heavy atom. The number of unbranched alkanes of at least 4 members (excludes halogenated alkanes) is 1. The fraction of sp³-hybridized carbons (Fsp3) is 0.308. The predicted molar refractivity (Wildman–Crippen MR) is 121 cm³/mol. The van der Waals surface area contributed by atoms with Gasteiger partial charge in [-0.2, -0.15) is 0 Å². The molecule has 0 amide bonds. The zero-order valence-corrected chi connectivity index (χ0v) is 22.0. The number of aryl methyl sites for hydroxylation is 1. The standard InChI is InChI=1S/C16H14P.C10H15.2ClH.Ti/c1-12-6-2-5-9-16(12)17-15-10-13-7-3-4-8-14(13)11-15;1-3-4-7-10-8-5-6-9(10)2;;;/h2-11,17H,1H3;6H,3-5,7H2,1-2H3;2*1H;/q;;;;+2/p-2. The van der Waals surface area contributed by atoms with Gasteiger partial charge < -0.3 is 24.8 Å². The Bertz CT molecular complexity index is 975. The van der Waals surface area contributed by atoms with Crippen LogP contribution in [-0.2, 0) is 19.2 Å². The summed E-state index contributed by atoms with van der Waals surface area (Å²) in [7, 11) is 0.796. The quantitative estimate of drug-likeness (QED) is 0.405. The van der Waals surface area contributed by atoms with E-state index in [0.717, 1.165) is 8.58 Å². The van der Waals surface area contributed by atoms with Crippen molar-refractivity contribution in [2.24, 2.45) is 0 Å². The number of hydrogen-bond acceptors (Lipinski definition) is 0. The van der Waals surface area contributed by atoms with Crippen LogP contribution in [0, 0.1) is 6.92 Å². The van der Waals surface area contributed by atoms with Crippen molar-refractivity contribution < 1.29 is 44.0 Å². The minimum Gasteiger partial charge on any atom is -1.00 e. The maximum absolute atomic E-state index is 2.51. The zero-order valence-electron chi connectivity index (χ0n) is 17.9. The molecule has 30 heavy (non-hydrogen) atoms. The molecular formula is C26H29Cl2PTi. The molecule has 4 heteroatoms. The van der Waals surface area contributed by atoms with Gasteiger partial charge in [-0.3, -0.25) is 0 Å². The SMILES string of the molecule is CCCCC1=[C]([Ti+2][CH]2C(Pc3ccccc3C)=Cc3ccccc32)CC=C1C.[Cl-].[Cl-]. The van der Waals surface area contributed by atoms with Gasteiger partial charge in [0.05, 0.1) is 0 Å². The van der Waals surface area contributed by atoms with Gasteiger partial charge in [-0.15, -0.1) is 0 Å². The first-order valence-corrected chi connectivity index (χ1v) is 13.1. The summed E-state index contributed by atoms with van der Waals surface area (Å²) in [5, 5.41) is 3.18. The first-order valence-electron chi connectivity index (χ1n) is 10.5. The van der Waals surface area contributed by atoms with Gasteiger partial charge in [-0.1, -0.05) is 0 Å². The molecule has 2 unspecified atom stereocenters. The van der Waals surface area contributed by atoms with Crippen LogP contribution < -0.4 is 30.1 Å². The van der Waals surface area contributed by atoms with Crippen LogP contribution in [0.25, 0.3) is 6.08 Å². The molecule has 0 fully saturated rings. The van der Waals surface area contributed by atoms with Crippen LogP contribution in [0.15, 0.2) is 74.9 Å². The van der Waals surface area contributed by atoms with E-state index in [9.17, 15) is 0 Å². The number of rotatable bonds is 7. The molecule has 2 atom stereocenters. The largest absolute Gasteiger partial charge is 1.00 e. The molecule has 0 radical (unpaired) electrons. The maximum Gasteiger partial charge on any atom is -1.00 e. The van der Waals surface area contributed by atoms with Crippen LogP contribution in [0.5, 0.6) is 0 Å². The Hall–Kier alpha value is -0.616. The molecule has 2 aromatic rings. The van der Waals surface area contributed by atoms with E-state index < -0.39 is 0 Å². The van der Waals surface area contributed by atoms with Crippen LogP contribution >= 0.6 is 8.58 Å². The van der Waals surface area contributed by atoms with Crippen molar-refractivity contribution >= 4 is 20.0 Å². The predicted octanol–water partition coefficient (Wildman–Crippen LogP) is 1.28. The van der Waals surface area contributed by atoms with Gasteiger partial charge in [-0.05, 0) is 0 Å². The molecule has 0 saturated heterocycles. The van der Waals surface area contributed by atoms with E-state index in [1.54, 1.807) is 22.0 Å². The fourth-order valence-corrected chi connectivity index (χ4v) is 8.84. The molecule has 0 bridgehead atoms. The van der Waals surface area contributed by atoms with E-state index in [1.807, 2.05) is 3.88 Å². The van der Waals surface area contributed by atoms with E-state index >= 15 is 0 Å². The third-order valence-corrected chi connectivity index (χ3v) is 10.7. The maximum atomic E-state index is 2.51. The molecule has 0 saturated carbocycles. The summed E-state index contributed by atoms with van der Waals surface area (Å²) in [4.78, 5) is 0. The van der Waals surface area contributed by atoms with Gasteiger partial charge >= 0.3 is 181 Å². The Labute approximate surface area is 205 Å². The van der Waals surface area contributed by atoms with E-state index in [0.29, 0.717) is 4.22 Å². The topological polar surface area (TPSA) is 0 Å². The second-order valence-corrected chi connectivity index (χ2v) is 11.6. The van der Waals surface area contributed by atoms with E-state index in [1.165, 1.54) is 42.1 Å². The van der Waals surface area contributed by atoms with Crippen LogP contribution in [0.3, 0.4) is 0 Å². The molecule has 2 aliphatic carbocycles. The zero-order chi connectivity index (χ0) is 19.5. The molecule has 0 spiro atoms. The third-order valence-electron chi connectivity index (χ3n) is 5.90. The molecule has 0 N–H and O–H groups in total. The average molecular weight is 491 g/mol. The van der Waals surface area contributed by atoms with Gasteiger partial charge in [0.1, 0.15) is 0 Å². The number of fused-ring (bicyclic) bond motifs is 1. The summed E-state index contributed by atoms with van der Waals surface area (Å²) in [5.41, 5.74) is 7.75. The van der Waals surface area contributed by atoms with Crippen molar-refractivity contribution in [1.82, 2.24) is 0 Å². The Morgan fingerprint density at radius 2 is 1.73 bits per heavy atom. The first kappa shape index (κ1) is 25.6. The minimum atomic E-state index is -0.206. The van der Waals surface area contributed by atoms with Crippen molar-refractivity contribution in [3.63, 3.8) is 0 Å². The summed E-state index contributed by atoms with van der Waals surface area (Å²) >= 11 is -0.206. The van der Waals surface area contributed by atoms with Gasteiger partial charge in [-0.25, -0.2) is 0 Å². The van der Waals surface area contributed by atoms with Crippen molar-refractivity contribution in [3.05, 3.63) is 91.6 Å². The number of allylic oxidation sites excluding steroid dienone is 5. The first-order chi connectivity index (χ1) is 13.7.